The van der Waals surface area contributed by atoms with Crippen molar-refractivity contribution in [2.75, 3.05) is 13.7 Å². The Bertz CT molecular complexity index is 444. The van der Waals surface area contributed by atoms with Gasteiger partial charge in [0.15, 0.2) is 0 Å². The van der Waals surface area contributed by atoms with Crippen molar-refractivity contribution in [3.8, 4) is 0 Å². The van der Waals surface area contributed by atoms with Gasteiger partial charge in [0.25, 0.3) is 11.9 Å². The minimum absolute atomic E-state index is 0.202. The zero-order valence-electron chi connectivity index (χ0n) is 10.7. The zero-order chi connectivity index (χ0) is 13.5. The zero-order valence-corrected chi connectivity index (χ0v) is 11.5. The average molecular weight is 269 g/mol. The lowest BCUT2D eigenvalue weighted by Gasteiger charge is -2.09. The number of ether oxygens (including phenoxy) is 1. The molecule has 98 valence electrons. The summed E-state index contributed by atoms with van der Waals surface area (Å²) in [6.07, 6.45) is 0. The molecule has 4 nitrogen and oxygen atoms in total. The van der Waals surface area contributed by atoms with Crippen LogP contribution in [0.4, 0.5) is 0 Å². The Morgan fingerprint density at radius 3 is 2.67 bits per heavy atom. The first-order chi connectivity index (χ1) is 8.54. The second kappa shape index (κ2) is 7.01. The molecule has 1 amide bonds. The molecule has 5 heteroatoms. The number of hydrogen-bond donors (Lipinski definition) is 1. The lowest BCUT2D eigenvalue weighted by molar-refractivity contribution is 0.0968. The molecule has 0 fully saturated rings. The van der Waals surface area contributed by atoms with Crippen molar-refractivity contribution in [1.82, 2.24) is 5.32 Å². The Morgan fingerprint density at radius 2 is 2.11 bits per heavy atom. The highest BCUT2D eigenvalue weighted by molar-refractivity contribution is 6.34. The quantitative estimate of drug-likeness (QED) is 0.677. The summed E-state index contributed by atoms with van der Waals surface area (Å²) in [5.74, 6) is 0.0670. The first-order valence-corrected chi connectivity index (χ1v) is 6.06. The Balaban J connectivity index is 2.74. The molecule has 0 atom stereocenters. The molecule has 0 spiro atoms. The highest BCUT2D eigenvalue weighted by atomic mass is 35.5. The summed E-state index contributed by atoms with van der Waals surface area (Å²) in [7, 11) is 1.46. The van der Waals surface area contributed by atoms with E-state index in [0.717, 1.165) is 0 Å². The van der Waals surface area contributed by atoms with Gasteiger partial charge in [-0.2, -0.15) is 0 Å². The first-order valence-electron chi connectivity index (χ1n) is 5.69. The third-order valence-electron chi connectivity index (χ3n) is 2.13. The number of rotatable bonds is 3. The number of carbonyl (C=O) groups is 1. The lowest BCUT2D eigenvalue weighted by Crippen LogP contribution is -2.32. The van der Waals surface area contributed by atoms with E-state index in [2.05, 4.69) is 10.3 Å². The van der Waals surface area contributed by atoms with Crippen LogP contribution in [0.2, 0.25) is 5.02 Å². The van der Waals surface area contributed by atoms with Crippen molar-refractivity contribution in [3.63, 3.8) is 0 Å². The topological polar surface area (TPSA) is 50.7 Å². The minimum atomic E-state index is -0.329. The molecule has 0 aliphatic carbocycles. The van der Waals surface area contributed by atoms with Crippen LogP contribution >= 0.6 is 11.6 Å². The van der Waals surface area contributed by atoms with Crippen LogP contribution in [0, 0.1) is 5.92 Å². The molecule has 1 rings (SSSR count). The molecular weight excluding hydrogens is 252 g/mol. The van der Waals surface area contributed by atoms with E-state index in [1.807, 2.05) is 13.8 Å². The molecule has 0 aromatic heterocycles. The molecule has 0 unspecified atom stereocenters. The van der Waals surface area contributed by atoms with Crippen molar-refractivity contribution in [2.45, 2.75) is 13.8 Å². The van der Waals surface area contributed by atoms with E-state index in [-0.39, 0.29) is 11.9 Å². The van der Waals surface area contributed by atoms with Gasteiger partial charge in [0.1, 0.15) is 0 Å². The maximum absolute atomic E-state index is 11.9. The van der Waals surface area contributed by atoms with Crippen molar-refractivity contribution in [2.24, 2.45) is 10.9 Å². The fourth-order valence-corrected chi connectivity index (χ4v) is 1.45. The minimum Gasteiger partial charge on any atom is -0.468 e. The number of hydrogen-bond acceptors (Lipinski definition) is 3. The monoisotopic (exact) mass is 268 g/mol. The van der Waals surface area contributed by atoms with E-state index in [4.69, 9.17) is 16.3 Å². The first kappa shape index (κ1) is 14.5. The Hall–Kier alpha value is -1.55. The van der Waals surface area contributed by atoms with E-state index >= 15 is 0 Å². The van der Waals surface area contributed by atoms with Gasteiger partial charge in [0.2, 0.25) is 0 Å². The molecule has 1 aromatic carbocycles. The van der Waals surface area contributed by atoms with E-state index < -0.39 is 0 Å². The predicted octanol–water partition coefficient (Wildman–Crippen LogP) is 2.73. The number of aliphatic imine (C=N–C) groups is 1. The van der Waals surface area contributed by atoms with Gasteiger partial charge < -0.3 is 4.74 Å². The molecule has 0 saturated carbocycles. The van der Waals surface area contributed by atoms with Crippen molar-refractivity contribution in [3.05, 3.63) is 34.9 Å². The summed E-state index contributed by atoms with van der Waals surface area (Å²) in [4.78, 5) is 16.1. The van der Waals surface area contributed by atoms with Gasteiger partial charge in [-0.1, -0.05) is 37.6 Å². The largest absolute Gasteiger partial charge is 0.468 e. The number of benzene rings is 1. The molecule has 1 aromatic rings. The van der Waals surface area contributed by atoms with Crippen LogP contribution in [0.25, 0.3) is 0 Å². The number of amidine groups is 1. The number of carbonyl (C=O) groups excluding carboxylic acids is 1. The number of nitrogens with one attached hydrogen (secondary N) is 1. The maximum atomic E-state index is 11.9. The molecule has 0 aliphatic rings. The van der Waals surface area contributed by atoms with Gasteiger partial charge in [0.05, 0.1) is 17.7 Å². The lowest BCUT2D eigenvalue weighted by atomic mass is 10.2. The molecule has 0 aliphatic heterocycles. The summed E-state index contributed by atoms with van der Waals surface area (Å²) >= 11 is 5.93. The van der Waals surface area contributed by atoms with Crippen LogP contribution in [-0.4, -0.2) is 25.6 Å². The summed E-state index contributed by atoms with van der Waals surface area (Å²) in [6.45, 7) is 4.66. The fraction of sp³-hybridized carbons (Fsp3) is 0.385. The van der Waals surface area contributed by atoms with Gasteiger partial charge in [0, 0.05) is 6.54 Å². The van der Waals surface area contributed by atoms with Crippen molar-refractivity contribution < 1.29 is 9.53 Å². The van der Waals surface area contributed by atoms with Crippen LogP contribution in [0.15, 0.2) is 29.3 Å². The normalized spacial score (nSPS) is 11.5. The highest BCUT2D eigenvalue weighted by Crippen LogP contribution is 2.14. The summed E-state index contributed by atoms with van der Waals surface area (Å²) in [6, 6.07) is 7.03. The molecule has 18 heavy (non-hydrogen) atoms. The van der Waals surface area contributed by atoms with E-state index in [0.29, 0.717) is 23.0 Å². The van der Waals surface area contributed by atoms with Crippen LogP contribution < -0.4 is 5.32 Å². The molecule has 0 radical (unpaired) electrons. The predicted molar refractivity (Wildman–Crippen MR) is 73.1 cm³/mol. The van der Waals surface area contributed by atoms with Crippen LogP contribution in [0.5, 0.6) is 0 Å². The summed E-state index contributed by atoms with van der Waals surface area (Å²) in [5.41, 5.74) is 0.397. The molecule has 1 N–H and O–H groups in total. The number of halogens is 1. The van der Waals surface area contributed by atoms with Gasteiger partial charge >= 0.3 is 0 Å². The number of nitrogens with zero attached hydrogens (tertiary/aromatic N) is 1. The molecule has 0 heterocycles. The van der Waals surface area contributed by atoms with Gasteiger partial charge in [-0.05, 0) is 18.1 Å². The fourth-order valence-electron chi connectivity index (χ4n) is 1.23. The SMILES string of the molecule is COC(=NCC(C)C)NC(=O)c1ccccc1Cl. The van der Waals surface area contributed by atoms with Crippen LogP contribution in [0.1, 0.15) is 24.2 Å². The second-order valence-electron chi connectivity index (χ2n) is 4.18. The van der Waals surface area contributed by atoms with Crippen LogP contribution in [0.3, 0.4) is 0 Å². The molecular formula is C13H17ClN2O2. The smallest absolute Gasteiger partial charge is 0.291 e. The van der Waals surface area contributed by atoms with E-state index in [1.54, 1.807) is 24.3 Å². The second-order valence-corrected chi connectivity index (χ2v) is 4.58. The van der Waals surface area contributed by atoms with Gasteiger partial charge in [-0.15, -0.1) is 0 Å². The number of methoxy groups -OCH3 is 1. The van der Waals surface area contributed by atoms with Crippen molar-refractivity contribution in [1.29, 1.82) is 0 Å². The van der Waals surface area contributed by atoms with Crippen molar-refractivity contribution >= 4 is 23.5 Å². The summed E-state index contributed by atoms with van der Waals surface area (Å²) in [5, 5.41) is 2.98. The average Bonchev–Trinajstić information content (AvgIpc) is 2.34. The van der Waals surface area contributed by atoms with E-state index in [1.165, 1.54) is 7.11 Å². The Kier molecular flexibility index (Phi) is 5.65. The van der Waals surface area contributed by atoms with Gasteiger partial charge in [-0.25, -0.2) is 4.99 Å². The Morgan fingerprint density at radius 1 is 1.44 bits per heavy atom. The summed E-state index contributed by atoms with van der Waals surface area (Å²) < 4.78 is 5.01. The maximum Gasteiger partial charge on any atom is 0.291 e. The molecule has 0 bridgehead atoms. The van der Waals surface area contributed by atoms with E-state index in [9.17, 15) is 4.79 Å². The third kappa shape index (κ3) is 4.37. The van der Waals surface area contributed by atoms with Crippen LogP contribution in [-0.2, 0) is 4.74 Å². The number of amides is 1. The highest BCUT2D eigenvalue weighted by Gasteiger charge is 2.12. The standard InChI is InChI=1S/C13H17ClN2O2/c1-9(2)8-15-13(18-3)16-12(17)10-6-4-5-7-11(10)14/h4-7,9H,8H2,1-3H3,(H,15,16,17). The Labute approximate surface area is 112 Å². The molecule has 0 saturated heterocycles. The van der Waals surface area contributed by atoms with Gasteiger partial charge in [-0.3, -0.25) is 10.1 Å². The third-order valence-corrected chi connectivity index (χ3v) is 2.46.